The van der Waals surface area contributed by atoms with E-state index in [0.29, 0.717) is 6.54 Å². The third-order valence-electron chi connectivity index (χ3n) is 3.96. The lowest BCUT2D eigenvalue weighted by Crippen LogP contribution is -2.37. The van der Waals surface area contributed by atoms with Gasteiger partial charge in [0.1, 0.15) is 0 Å². The number of rotatable bonds is 5. The number of nitrogens with zero attached hydrogens (tertiary/aromatic N) is 3. The monoisotopic (exact) mass is 417 g/mol. The van der Waals surface area contributed by atoms with Crippen molar-refractivity contribution in [3.8, 4) is 0 Å². The number of hydrogen-bond donors (Lipinski definition) is 0. The number of carbonyl (C=O) groups excluding carboxylic acids is 1. The van der Waals surface area contributed by atoms with Gasteiger partial charge in [-0.15, -0.1) is 0 Å². The van der Waals surface area contributed by atoms with E-state index in [0.717, 1.165) is 37.5 Å². The van der Waals surface area contributed by atoms with E-state index in [1.807, 2.05) is 63.5 Å². The van der Waals surface area contributed by atoms with Crippen LogP contribution in [-0.4, -0.2) is 43.0 Å². The molecule has 4 nitrogen and oxygen atoms in total. The molecule has 2 aromatic carbocycles. The van der Waals surface area contributed by atoms with Gasteiger partial charge < -0.3 is 4.90 Å². The van der Waals surface area contributed by atoms with E-state index in [1.54, 1.807) is 16.2 Å². The van der Waals surface area contributed by atoms with Gasteiger partial charge in [-0.3, -0.25) is 9.69 Å². The van der Waals surface area contributed by atoms with Gasteiger partial charge in [-0.2, -0.15) is 0 Å². The summed E-state index contributed by atoms with van der Waals surface area (Å²) >= 11 is 5.04. The van der Waals surface area contributed by atoms with Gasteiger partial charge in [0.25, 0.3) is 5.91 Å². The first kappa shape index (κ1) is 18.0. The first-order valence-corrected chi connectivity index (χ1v) is 9.65. The van der Waals surface area contributed by atoms with Crippen molar-refractivity contribution < 1.29 is 4.79 Å². The predicted octanol–water partition coefficient (Wildman–Crippen LogP) is 4.58. The van der Waals surface area contributed by atoms with Crippen molar-refractivity contribution in [2.24, 2.45) is 0 Å². The number of hydrogen-bond acceptors (Lipinski definition) is 4. The molecule has 0 unspecified atom stereocenters. The minimum Gasteiger partial charge on any atom is -0.308 e. The van der Waals surface area contributed by atoms with E-state index in [9.17, 15) is 4.79 Å². The first-order chi connectivity index (χ1) is 12.0. The fraction of sp³-hybridized carbons (Fsp3) is 0.263. The third-order valence-corrected chi connectivity index (χ3v) is 5.50. The van der Waals surface area contributed by atoms with Crippen LogP contribution in [0.15, 0.2) is 46.9 Å². The van der Waals surface area contributed by atoms with E-state index in [1.165, 1.54) is 0 Å². The molecule has 0 aliphatic carbocycles. The number of aromatic nitrogens is 1. The lowest BCUT2D eigenvalue weighted by atomic mass is 10.1. The maximum atomic E-state index is 13.2. The van der Waals surface area contributed by atoms with Crippen molar-refractivity contribution >= 4 is 48.5 Å². The van der Waals surface area contributed by atoms with E-state index < -0.39 is 0 Å². The molecular formula is C19H20BrN3OS. The molecule has 1 heterocycles. The Labute approximate surface area is 160 Å². The topological polar surface area (TPSA) is 36.4 Å². The van der Waals surface area contributed by atoms with Crippen molar-refractivity contribution in [3.63, 3.8) is 0 Å². The van der Waals surface area contributed by atoms with Crippen LogP contribution in [0.1, 0.15) is 15.9 Å². The summed E-state index contributed by atoms with van der Waals surface area (Å²) in [4.78, 5) is 21.7. The van der Waals surface area contributed by atoms with Gasteiger partial charge in [0.15, 0.2) is 5.13 Å². The Morgan fingerprint density at radius 3 is 2.64 bits per heavy atom. The summed E-state index contributed by atoms with van der Waals surface area (Å²) in [7, 11) is 4.01. The van der Waals surface area contributed by atoms with Gasteiger partial charge in [0.2, 0.25) is 0 Å². The molecule has 0 fully saturated rings. The Morgan fingerprint density at radius 2 is 1.92 bits per heavy atom. The van der Waals surface area contributed by atoms with Gasteiger partial charge in [0, 0.05) is 23.1 Å². The van der Waals surface area contributed by atoms with Gasteiger partial charge in [0.05, 0.1) is 10.2 Å². The van der Waals surface area contributed by atoms with Crippen LogP contribution in [0, 0.1) is 6.92 Å². The Morgan fingerprint density at radius 1 is 1.16 bits per heavy atom. The highest BCUT2D eigenvalue weighted by Gasteiger charge is 2.22. The van der Waals surface area contributed by atoms with E-state index in [-0.39, 0.29) is 5.91 Å². The van der Waals surface area contributed by atoms with Crippen molar-refractivity contribution in [3.05, 3.63) is 58.1 Å². The van der Waals surface area contributed by atoms with Gasteiger partial charge in [-0.1, -0.05) is 45.5 Å². The first-order valence-electron chi connectivity index (χ1n) is 8.04. The molecule has 0 aliphatic heterocycles. The zero-order valence-corrected chi connectivity index (χ0v) is 16.9. The summed E-state index contributed by atoms with van der Waals surface area (Å²) in [6.45, 7) is 3.34. The number of carbonyl (C=O) groups is 1. The van der Waals surface area contributed by atoms with E-state index in [4.69, 9.17) is 4.98 Å². The second-order valence-electron chi connectivity index (χ2n) is 6.18. The summed E-state index contributed by atoms with van der Waals surface area (Å²) < 4.78 is 2.08. The Bertz CT molecular complexity index is 907. The maximum absolute atomic E-state index is 13.2. The fourth-order valence-corrected chi connectivity index (χ4v) is 4.09. The molecule has 0 N–H and O–H groups in total. The van der Waals surface area contributed by atoms with Crippen LogP contribution >= 0.6 is 27.3 Å². The third kappa shape index (κ3) is 4.08. The number of aryl methyl sites for hydroxylation is 1. The Kier molecular flexibility index (Phi) is 5.51. The van der Waals surface area contributed by atoms with Gasteiger partial charge in [-0.25, -0.2) is 4.98 Å². The standard InChI is InChI=1S/C19H20BrN3OS/c1-13-6-4-5-7-15(13)18(24)23(11-10-22(2)3)19-21-16-9-8-14(20)12-17(16)25-19/h4-9,12H,10-11H2,1-3H3. The largest absolute Gasteiger partial charge is 0.308 e. The molecule has 25 heavy (non-hydrogen) atoms. The lowest BCUT2D eigenvalue weighted by Gasteiger charge is -2.22. The molecule has 0 bridgehead atoms. The average molecular weight is 418 g/mol. The minimum atomic E-state index is -0.00179. The number of amides is 1. The summed E-state index contributed by atoms with van der Waals surface area (Å²) in [5, 5.41) is 0.739. The van der Waals surface area contributed by atoms with Gasteiger partial charge in [-0.05, 0) is 50.8 Å². The van der Waals surface area contributed by atoms with Crippen molar-refractivity contribution in [2.45, 2.75) is 6.92 Å². The zero-order valence-electron chi connectivity index (χ0n) is 14.5. The fourth-order valence-electron chi connectivity index (χ4n) is 2.54. The number of benzene rings is 2. The SMILES string of the molecule is Cc1ccccc1C(=O)N(CCN(C)C)c1nc2ccc(Br)cc2s1. The van der Waals surface area contributed by atoms with Crippen molar-refractivity contribution in [1.29, 1.82) is 0 Å². The van der Waals surface area contributed by atoms with Crippen LogP contribution in [0.5, 0.6) is 0 Å². The van der Waals surface area contributed by atoms with Crippen LogP contribution in [0.2, 0.25) is 0 Å². The normalized spacial score (nSPS) is 11.2. The van der Waals surface area contributed by atoms with E-state index >= 15 is 0 Å². The predicted molar refractivity (Wildman–Crippen MR) is 109 cm³/mol. The van der Waals surface area contributed by atoms with Crippen molar-refractivity contribution in [1.82, 2.24) is 9.88 Å². The highest BCUT2D eigenvalue weighted by atomic mass is 79.9. The van der Waals surface area contributed by atoms with Crippen LogP contribution < -0.4 is 4.90 Å². The second-order valence-corrected chi connectivity index (χ2v) is 8.11. The maximum Gasteiger partial charge on any atom is 0.260 e. The van der Waals surface area contributed by atoms with E-state index in [2.05, 4.69) is 20.8 Å². The molecule has 0 saturated heterocycles. The molecule has 6 heteroatoms. The smallest absolute Gasteiger partial charge is 0.260 e. The molecule has 0 aliphatic rings. The molecule has 0 atom stereocenters. The summed E-state index contributed by atoms with van der Waals surface area (Å²) in [5.74, 6) is -0.00179. The molecule has 1 aromatic heterocycles. The molecule has 0 saturated carbocycles. The summed E-state index contributed by atoms with van der Waals surface area (Å²) in [6.07, 6.45) is 0. The zero-order chi connectivity index (χ0) is 18.0. The second kappa shape index (κ2) is 7.64. The average Bonchev–Trinajstić information content (AvgIpc) is 2.97. The Balaban J connectivity index is 2.01. The van der Waals surface area contributed by atoms with Gasteiger partial charge >= 0.3 is 0 Å². The molecule has 0 radical (unpaired) electrons. The Hall–Kier alpha value is -1.76. The minimum absolute atomic E-state index is 0.00179. The summed E-state index contributed by atoms with van der Waals surface area (Å²) in [5.41, 5.74) is 2.61. The number of halogens is 1. The molecule has 0 spiro atoms. The summed E-state index contributed by atoms with van der Waals surface area (Å²) in [6, 6.07) is 13.7. The number of thiazole rings is 1. The van der Waals surface area contributed by atoms with Crippen LogP contribution in [0.3, 0.4) is 0 Å². The highest BCUT2D eigenvalue weighted by Crippen LogP contribution is 2.31. The van der Waals surface area contributed by atoms with Crippen molar-refractivity contribution in [2.75, 3.05) is 32.1 Å². The van der Waals surface area contributed by atoms with Crippen LogP contribution in [0.25, 0.3) is 10.2 Å². The molecule has 3 rings (SSSR count). The van der Waals surface area contributed by atoms with Crippen LogP contribution in [0.4, 0.5) is 5.13 Å². The molecule has 3 aromatic rings. The van der Waals surface area contributed by atoms with Crippen LogP contribution in [-0.2, 0) is 0 Å². The molecular weight excluding hydrogens is 398 g/mol. The lowest BCUT2D eigenvalue weighted by molar-refractivity contribution is 0.0984. The number of fused-ring (bicyclic) bond motifs is 1. The highest BCUT2D eigenvalue weighted by molar-refractivity contribution is 9.10. The molecule has 1 amide bonds. The number of likely N-dealkylation sites (N-methyl/N-ethyl adjacent to an activating group) is 1. The molecule has 130 valence electrons. The number of anilines is 1. The quantitative estimate of drug-likeness (QED) is 0.609.